The van der Waals surface area contributed by atoms with Crippen LogP contribution in [0.2, 0.25) is 0 Å². The van der Waals surface area contributed by atoms with Gasteiger partial charge in [-0.2, -0.15) is 13.9 Å². The van der Waals surface area contributed by atoms with Gasteiger partial charge in [0.05, 0.1) is 25.0 Å². The van der Waals surface area contributed by atoms with Crippen LogP contribution in [0, 0.1) is 12.8 Å². The summed E-state index contributed by atoms with van der Waals surface area (Å²) in [5.41, 5.74) is -2.14. The van der Waals surface area contributed by atoms with Crippen molar-refractivity contribution >= 4 is 15.2 Å². The van der Waals surface area contributed by atoms with E-state index in [1.54, 1.807) is 13.0 Å². The summed E-state index contributed by atoms with van der Waals surface area (Å²) in [5.74, 6) is -0.188. The van der Waals surface area contributed by atoms with E-state index in [1.807, 2.05) is 0 Å². The largest absolute Gasteiger partial charge is 0.493 e. The number of nitrogens with zero attached hydrogens (tertiary/aromatic N) is 2. The molecule has 0 aliphatic heterocycles. The Morgan fingerprint density at radius 1 is 1.37 bits per heavy atom. The number of benzene rings is 1. The van der Waals surface area contributed by atoms with E-state index in [0.29, 0.717) is 29.5 Å². The van der Waals surface area contributed by atoms with Crippen molar-refractivity contribution in [3.8, 4) is 5.75 Å². The highest BCUT2D eigenvalue weighted by Gasteiger charge is 2.26. The summed E-state index contributed by atoms with van der Waals surface area (Å²) in [4.78, 5) is 11.2. The molecule has 0 saturated heterocycles. The normalized spacial score (nSPS) is 11.8. The zero-order valence-corrected chi connectivity index (χ0v) is 16.9. The van der Waals surface area contributed by atoms with Crippen LogP contribution in [0.3, 0.4) is 0 Å². The number of aromatic nitrogens is 2. The molecular formula is C19H25F2N2O3P. The molecule has 2 rings (SSSR count). The lowest BCUT2D eigenvalue weighted by atomic mass is 10.0. The predicted octanol–water partition coefficient (Wildman–Crippen LogP) is 4.68. The molecule has 148 valence electrons. The molecule has 1 unspecified atom stereocenters. The molecular weight excluding hydrogens is 373 g/mol. The molecule has 5 nitrogen and oxygen atoms in total. The quantitative estimate of drug-likeness (QED) is 0.623. The molecule has 0 aliphatic carbocycles. The zero-order valence-electron chi connectivity index (χ0n) is 15.7. The van der Waals surface area contributed by atoms with Gasteiger partial charge >= 0.3 is 5.97 Å². The van der Waals surface area contributed by atoms with E-state index in [9.17, 15) is 18.7 Å². The number of aromatic carboxylic acids is 1. The second kappa shape index (κ2) is 8.79. The lowest BCUT2D eigenvalue weighted by Gasteiger charge is -2.19. The number of carboxylic acids is 1. The van der Waals surface area contributed by atoms with E-state index < -0.39 is 11.6 Å². The monoisotopic (exact) mass is 398 g/mol. The lowest BCUT2D eigenvalue weighted by molar-refractivity contribution is 0.0696. The summed E-state index contributed by atoms with van der Waals surface area (Å²) >= 11 is 0. The summed E-state index contributed by atoms with van der Waals surface area (Å²) in [6.07, 6.45) is 3.19. The molecule has 1 aromatic carbocycles. The van der Waals surface area contributed by atoms with Gasteiger partial charge in [-0.3, -0.25) is 4.68 Å². The van der Waals surface area contributed by atoms with Crippen LogP contribution in [0.5, 0.6) is 5.75 Å². The first kappa shape index (κ1) is 21.3. The molecule has 1 aromatic heterocycles. The number of alkyl halides is 2. The van der Waals surface area contributed by atoms with E-state index in [4.69, 9.17) is 4.74 Å². The number of carboxylic acid groups (broad SMARTS) is 1. The number of hydrogen-bond donors (Lipinski definition) is 1. The van der Waals surface area contributed by atoms with Crippen LogP contribution in [-0.4, -0.2) is 27.5 Å². The van der Waals surface area contributed by atoms with E-state index >= 15 is 0 Å². The number of halogens is 2. The fourth-order valence-electron chi connectivity index (χ4n) is 2.76. The van der Waals surface area contributed by atoms with Crippen LogP contribution < -0.4 is 4.74 Å². The van der Waals surface area contributed by atoms with Crippen molar-refractivity contribution in [2.45, 2.75) is 45.8 Å². The van der Waals surface area contributed by atoms with Crippen molar-refractivity contribution in [3.05, 3.63) is 46.8 Å². The van der Waals surface area contributed by atoms with Gasteiger partial charge in [-0.1, -0.05) is 35.9 Å². The molecule has 2 aromatic rings. The number of carbonyl (C=O) groups is 1. The second-order valence-corrected chi connectivity index (χ2v) is 7.27. The predicted molar refractivity (Wildman–Crippen MR) is 103 cm³/mol. The van der Waals surface area contributed by atoms with Crippen molar-refractivity contribution in [2.75, 3.05) is 6.61 Å². The van der Waals surface area contributed by atoms with Gasteiger partial charge in [0.25, 0.3) is 5.66 Å². The van der Waals surface area contributed by atoms with Crippen molar-refractivity contribution < 1.29 is 23.4 Å². The highest BCUT2D eigenvalue weighted by molar-refractivity contribution is 7.17. The summed E-state index contributed by atoms with van der Waals surface area (Å²) in [7, 11) is 1.53. The third-order valence-electron chi connectivity index (χ3n) is 4.73. The molecule has 1 heterocycles. The van der Waals surface area contributed by atoms with Crippen LogP contribution in [0.1, 0.15) is 53.9 Å². The van der Waals surface area contributed by atoms with Gasteiger partial charge < -0.3 is 9.84 Å². The maximum Gasteiger partial charge on any atom is 0.339 e. The third kappa shape index (κ3) is 5.25. The fourth-order valence-corrected chi connectivity index (χ4v) is 2.94. The van der Waals surface area contributed by atoms with Crippen LogP contribution >= 0.6 is 9.24 Å². The Labute approximate surface area is 159 Å². The Balaban J connectivity index is 2.36. The minimum atomic E-state index is -3.06. The van der Waals surface area contributed by atoms with Crippen molar-refractivity contribution in [2.24, 2.45) is 5.92 Å². The molecule has 0 saturated carbocycles. The van der Waals surface area contributed by atoms with Gasteiger partial charge in [0, 0.05) is 11.1 Å². The first-order valence-electron chi connectivity index (χ1n) is 8.85. The van der Waals surface area contributed by atoms with E-state index in [-0.39, 0.29) is 17.7 Å². The van der Waals surface area contributed by atoms with Crippen molar-refractivity contribution in [3.63, 3.8) is 0 Å². The Kier molecular flexibility index (Phi) is 6.93. The molecule has 1 atom stereocenters. The van der Waals surface area contributed by atoms with Gasteiger partial charge in [0.15, 0.2) is 0 Å². The highest BCUT2D eigenvalue weighted by atomic mass is 31.0. The first-order chi connectivity index (χ1) is 12.7. The molecule has 27 heavy (non-hydrogen) atoms. The summed E-state index contributed by atoms with van der Waals surface area (Å²) < 4.78 is 34.9. The first-order valence-corrected chi connectivity index (χ1v) is 9.43. The number of ether oxygens (including phenoxy) is 1. The van der Waals surface area contributed by atoms with Gasteiger partial charge in [0.2, 0.25) is 0 Å². The fraction of sp³-hybridized carbons (Fsp3) is 0.474. The number of hydrogen-bond acceptors (Lipinski definition) is 3. The van der Waals surface area contributed by atoms with Gasteiger partial charge in [0.1, 0.15) is 11.3 Å². The van der Waals surface area contributed by atoms with Gasteiger partial charge in [-0.05, 0) is 31.0 Å². The second-order valence-electron chi connectivity index (χ2n) is 6.55. The minimum absolute atomic E-state index is 0.0852. The minimum Gasteiger partial charge on any atom is -0.493 e. The average molecular weight is 398 g/mol. The summed E-state index contributed by atoms with van der Waals surface area (Å²) in [5, 5.41) is 13.3. The molecule has 0 aliphatic rings. The average Bonchev–Trinajstić information content (AvgIpc) is 2.96. The van der Waals surface area contributed by atoms with E-state index in [0.717, 1.165) is 12.8 Å². The molecule has 1 N–H and O–H groups in total. The highest BCUT2D eigenvalue weighted by Crippen LogP contribution is 2.37. The molecule has 0 amide bonds. The van der Waals surface area contributed by atoms with Gasteiger partial charge in [-0.15, -0.1) is 0 Å². The van der Waals surface area contributed by atoms with Crippen LogP contribution in [0.4, 0.5) is 8.78 Å². The molecule has 0 spiro atoms. The summed E-state index contributed by atoms with van der Waals surface area (Å²) in [6.45, 7) is 6.43. The number of rotatable bonds is 9. The SMILES string of the molecule is CCC(CC)COc1ccc(C(F)(F)P)cc1Cn1ncc(C(=O)O)c1C. The third-order valence-corrected chi connectivity index (χ3v) is 5.06. The summed E-state index contributed by atoms with van der Waals surface area (Å²) in [6, 6.07) is 4.27. The lowest BCUT2D eigenvalue weighted by Crippen LogP contribution is -2.14. The van der Waals surface area contributed by atoms with Gasteiger partial charge in [-0.25, -0.2) is 4.79 Å². The zero-order chi connectivity index (χ0) is 20.2. The topological polar surface area (TPSA) is 64.4 Å². The molecule has 0 radical (unpaired) electrons. The smallest absolute Gasteiger partial charge is 0.339 e. The van der Waals surface area contributed by atoms with E-state index in [2.05, 4.69) is 18.9 Å². The van der Waals surface area contributed by atoms with Crippen LogP contribution in [-0.2, 0) is 12.2 Å². The van der Waals surface area contributed by atoms with E-state index in [1.165, 1.54) is 32.3 Å². The molecule has 0 bridgehead atoms. The standard InChI is InChI=1S/C19H25F2N2O3P/c1-4-13(5-2)11-26-17-7-6-15(19(20,21)27)8-14(17)10-23-12(3)16(9-22-23)18(24)25/h6-9,13H,4-5,10-11,27H2,1-3H3,(H,24,25). The van der Waals surface area contributed by atoms with Crippen LogP contribution in [0.15, 0.2) is 24.4 Å². The Hall–Kier alpha value is -2.01. The molecule has 8 heteroatoms. The Bertz CT molecular complexity index is 799. The molecule has 0 fully saturated rings. The van der Waals surface area contributed by atoms with Crippen molar-refractivity contribution in [1.82, 2.24) is 9.78 Å². The van der Waals surface area contributed by atoms with Crippen LogP contribution in [0.25, 0.3) is 0 Å². The maximum absolute atomic E-state index is 13.7. The van der Waals surface area contributed by atoms with Crippen molar-refractivity contribution in [1.29, 1.82) is 0 Å². The Morgan fingerprint density at radius 3 is 2.56 bits per heavy atom. The Morgan fingerprint density at radius 2 is 2.04 bits per heavy atom. The maximum atomic E-state index is 13.7.